The molecule has 0 radical (unpaired) electrons. The number of pyridine rings is 1. The summed E-state index contributed by atoms with van der Waals surface area (Å²) in [6.07, 6.45) is 4.02. The highest BCUT2D eigenvalue weighted by atomic mass is 16.1. The molecule has 1 amide bonds. The van der Waals surface area contributed by atoms with Gasteiger partial charge in [0.25, 0.3) is 0 Å². The fraction of sp³-hybridized carbons (Fsp3) is 0.286. The Morgan fingerprint density at radius 2 is 2.11 bits per heavy atom. The molecule has 0 bridgehead atoms. The zero-order chi connectivity index (χ0) is 19.7. The van der Waals surface area contributed by atoms with Gasteiger partial charge in [0.05, 0.1) is 18.1 Å². The van der Waals surface area contributed by atoms with E-state index in [1.807, 2.05) is 61.3 Å². The summed E-state index contributed by atoms with van der Waals surface area (Å²) >= 11 is 0. The van der Waals surface area contributed by atoms with Gasteiger partial charge in [-0.3, -0.25) is 9.48 Å². The van der Waals surface area contributed by atoms with Crippen molar-refractivity contribution in [3.63, 3.8) is 0 Å². The fourth-order valence-electron chi connectivity index (χ4n) is 3.41. The van der Waals surface area contributed by atoms with Crippen molar-refractivity contribution in [2.75, 3.05) is 27.2 Å². The van der Waals surface area contributed by atoms with Crippen LogP contribution in [0.25, 0.3) is 33.2 Å². The maximum absolute atomic E-state index is 12.2. The van der Waals surface area contributed by atoms with Crippen molar-refractivity contribution in [1.29, 1.82) is 0 Å². The molecule has 0 saturated heterocycles. The number of aromatic nitrogens is 4. The van der Waals surface area contributed by atoms with E-state index in [4.69, 9.17) is 0 Å². The van der Waals surface area contributed by atoms with Crippen molar-refractivity contribution in [2.24, 2.45) is 7.05 Å². The van der Waals surface area contributed by atoms with Gasteiger partial charge in [0.15, 0.2) is 0 Å². The van der Waals surface area contributed by atoms with E-state index in [1.165, 1.54) is 0 Å². The van der Waals surface area contributed by atoms with Crippen LogP contribution < -0.4 is 5.32 Å². The maximum Gasteiger partial charge on any atom is 0.224 e. The van der Waals surface area contributed by atoms with E-state index in [1.54, 1.807) is 0 Å². The average Bonchev–Trinajstić information content (AvgIpc) is 3.25. The van der Waals surface area contributed by atoms with Gasteiger partial charge in [-0.05, 0) is 37.4 Å². The molecule has 144 valence electrons. The van der Waals surface area contributed by atoms with Crippen LogP contribution in [-0.2, 0) is 18.3 Å². The Morgan fingerprint density at radius 1 is 1.25 bits per heavy atom. The highest BCUT2D eigenvalue weighted by Crippen LogP contribution is 2.28. The molecule has 0 aliphatic carbocycles. The van der Waals surface area contributed by atoms with Gasteiger partial charge < -0.3 is 15.2 Å². The monoisotopic (exact) mass is 376 g/mol. The minimum absolute atomic E-state index is 0.0360. The summed E-state index contributed by atoms with van der Waals surface area (Å²) in [6.45, 7) is 1.48. The summed E-state index contributed by atoms with van der Waals surface area (Å²) < 4.78 is 1.87. The van der Waals surface area contributed by atoms with Crippen molar-refractivity contribution in [3.05, 3.63) is 48.3 Å². The number of hydrogen-bond acceptors (Lipinski definition) is 4. The zero-order valence-corrected chi connectivity index (χ0v) is 16.4. The maximum atomic E-state index is 12.2. The van der Waals surface area contributed by atoms with E-state index in [2.05, 4.69) is 32.5 Å². The predicted molar refractivity (Wildman–Crippen MR) is 111 cm³/mol. The van der Waals surface area contributed by atoms with Crippen LogP contribution in [0.3, 0.4) is 0 Å². The molecule has 7 nitrogen and oxygen atoms in total. The van der Waals surface area contributed by atoms with Crippen LogP contribution in [0.5, 0.6) is 0 Å². The standard InChI is InChI=1S/C21H24N6O/c1-26(2)8-7-22-19(28)10-14-5-4-6-15(9-14)18-11-17-20-16(13-24-27(20)3)12-23-21(17)25-18/h4-6,9,11-13H,7-8,10H2,1-3H3,(H,22,28)(H,23,25). The number of H-pyrrole nitrogens is 1. The van der Waals surface area contributed by atoms with Crippen molar-refractivity contribution in [3.8, 4) is 11.3 Å². The molecule has 0 unspecified atom stereocenters. The van der Waals surface area contributed by atoms with Gasteiger partial charge in [-0.1, -0.05) is 18.2 Å². The number of nitrogens with zero attached hydrogens (tertiary/aromatic N) is 4. The van der Waals surface area contributed by atoms with Crippen LogP contribution in [-0.4, -0.2) is 57.7 Å². The second-order valence-corrected chi connectivity index (χ2v) is 7.31. The van der Waals surface area contributed by atoms with E-state index >= 15 is 0 Å². The highest BCUT2D eigenvalue weighted by molar-refractivity contribution is 6.04. The summed E-state index contributed by atoms with van der Waals surface area (Å²) in [5.41, 5.74) is 4.89. The Balaban J connectivity index is 1.58. The number of benzene rings is 1. The highest BCUT2D eigenvalue weighted by Gasteiger charge is 2.12. The first-order valence-corrected chi connectivity index (χ1v) is 9.31. The molecule has 0 aliphatic heterocycles. The molecule has 0 fully saturated rings. The minimum Gasteiger partial charge on any atom is -0.355 e. The topological polar surface area (TPSA) is 78.8 Å². The van der Waals surface area contributed by atoms with Crippen LogP contribution in [0, 0.1) is 0 Å². The van der Waals surface area contributed by atoms with Gasteiger partial charge in [0, 0.05) is 42.8 Å². The molecule has 0 atom stereocenters. The number of likely N-dealkylation sites (N-methyl/N-ethyl adjacent to an activating group) is 1. The second-order valence-electron chi connectivity index (χ2n) is 7.31. The normalized spacial score (nSPS) is 11.6. The lowest BCUT2D eigenvalue weighted by molar-refractivity contribution is -0.120. The van der Waals surface area contributed by atoms with Crippen LogP contribution in [0.4, 0.5) is 0 Å². The van der Waals surface area contributed by atoms with Gasteiger partial charge in [-0.15, -0.1) is 0 Å². The third kappa shape index (κ3) is 3.61. The summed E-state index contributed by atoms with van der Waals surface area (Å²) in [6, 6.07) is 10.2. The molecule has 3 heterocycles. The molecule has 4 aromatic rings. The fourth-order valence-corrected chi connectivity index (χ4v) is 3.41. The lowest BCUT2D eigenvalue weighted by Crippen LogP contribution is -2.32. The quantitative estimate of drug-likeness (QED) is 0.541. The number of carbonyl (C=O) groups excluding carboxylic acids is 1. The van der Waals surface area contributed by atoms with Crippen LogP contribution >= 0.6 is 0 Å². The number of nitrogens with one attached hydrogen (secondary N) is 2. The molecule has 0 aliphatic rings. The second kappa shape index (κ2) is 7.44. The predicted octanol–water partition coefficient (Wildman–Crippen LogP) is 2.34. The number of carbonyl (C=O) groups is 1. The smallest absolute Gasteiger partial charge is 0.224 e. The van der Waals surface area contributed by atoms with E-state index in [0.29, 0.717) is 13.0 Å². The van der Waals surface area contributed by atoms with Crippen molar-refractivity contribution in [2.45, 2.75) is 6.42 Å². The van der Waals surface area contributed by atoms with Gasteiger partial charge in [-0.2, -0.15) is 5.10 Å². The molecule has 0 spiro atoms. The Bertz CT molecular complexity index is 1140. The number of aromatic amines is 1. The average molecular weight is 376 g/mol. The Labute approximate surface area is 163 Å². The number of rotatable bonds is 6. The lowest BCUT2D eigenvalue weighted by atomic mass is 10.1. The number of hydrogen-bond donors (Lipinski definition) is 2. The van der Waals surface area contributed by atoms with E-state index in [9.17, 15) is 4.79 Å². The molecule has 3 aromatic heterocycles. The first kappa shape index (κ1) is 18.2. The first-order valence-electron chi connectivity index (χ1n) is 9.31. The minimum atomic E-state index is 0.0360. The third-order valence-electron chi connectivity index (χ3n) is 4.84. The Morgan fingerprint density at radius 3 is 2.93 bits per heavy atom. The summed E-state index contributed by atoms with van der Waals surface area (Å²) in [5, 5.41) is 9.34. The Kier molecular flexibility index (Phi) is 4.83. The molecule has 28 heavy (non-hydrogen) atoms. The van der Waals surface area contributed by atoms with E-state index < -0.39 is 0 Å². The van der Waals surface area contributed by atoms with Gasteiger partial charge in [-0.25, -0.2) is 4.98 Å². The largest absolute Gasteiger partial charge is 0.355 e. The van der Waals surface area contributed by atoms with Gasteiger partial charge in [0.2, 0.25) is 5.91 Å². The van der Waals surface area contributed by atoms with Crippen molar-refractivity contribution < 1.29 is 4.79 Å². The number of amides is 1. The molecule has 4 rings (SSSR count). The summed E-state index contributed by atoms with van der Waals surface area (Å²) in [5.74, 6) is 0.0360. The molecule has 7 heteroatoms. The van der Waals surface area contributed by atoms with Gasteiger partial charge in [0.1, 0.15) is 5.65 Å². The SMILES string of the molecule is CN(C)CCNC(=O)Cc1cccc(-c2cc3c(ncc4cnn(C)c43)[nH]2)c1. The molecule has 1 aromatic carbocycles. The number of aryl methyl sites for hydroxylation is 1. The van der Waals surface area contributed by atoms with Crippen molar-refractivity contribution >= 4 is 27.8 Å². The van der Waals surface area contributed by atoms with Crippen LogP contribution in [0.1, 0.15) is 5.56 Å². The Hall–Kier alpha value is -3.19. The summed E-state index contributed by atoms with van der Waals surface area (Å²) in [4.78, 5) is 22.1. The van der Waals surface area contributed by atoms with Gasteiger partial charge >= 0.3 is 0 Å². The molecule has 2 N–H and O–H groups in total. The van der Waals surface area contributed by atoms with Crippen LogP contribution in [0.15, 0.2) is 42.7 Å². The van der Waals surface area contributed by atoms with Crippen LogP contribution in [0.2, 0.25) is 0 Å². The number of fused-ring (bicyclic) bond motifs is 3. The summed E-state index contributed by atoms with van der Waals surface area (Å²) in [7, 11) is 5.91. The molecular weight excluding hydrogens is 352 g/mol. The zero-order valence-electron chi connectivity index (χ0n) is 16.4. The third-order valence-corrected chi connectivity index (χ3v) is 4.84. The first-order chi connectivity index (χ1) is 13.5. The molecular formula is C21H24N6O. The molecule has 0 saturated carbocycles. The lowest BCUT2D eigenvalue weighted by Gasteiger charge is -2.10. The van der Waals surface area contributed by atoms with E-state index in [-0.39, 0.29) is 5.91 Å². The van der Waals surface area contributed by atoms with Crippen molar-refractivity contribution in [1.82, 2.24) is 30.0 Å². The van der Waals surface area contributed by atoms with E-state index in [0.717, 1.165) is 45.3 Å².